The van der Waals surface area contributed by atoms with E-state index in [4.69, 9.17) is 11.6 Å². The summed E-state index contributed by atoms with van der Waals surface area (Å²) in [6, 6.07) is 0. The lowest BCUT2D eigenvalue weighted by atomic mass is 10.4. The van der Waals surface area contributed by atoms with E-state index in [1.54, 1.807) is 10.8 Å². The van der Waals surface area contributed by atoms with Gasteiger partial charge in [0.2, 0.25) is 0 Å². The van der Waals surface area contributed by atoms with Gasteiger partial charge in [-0.25, -0.2) is 4.98 Å². The van der Waals surface area contributed by atoms with E-state index in [9.17, 15) is 4.79 Å². The fraction of sp³-hybridized carbons (Fsp3) is 0.333. The van der Waals surface area contributed by atoms with E-state index >= 15 is 0 Å². The van der Waals surface area contributed by atoms with Gasteiger partial charge < -0.3 is 0 Å². The van der Waals surface area contributed by atoms with Crippen molar-refractivity contribution in [2.75, 3.05) is 5.88 Å². The Labute approximate surface area is 101 Å². The summed E-state index contributed by atoms with van der Waals surface area (Å²) in [6.45, 7) is 2.34. The van der Waals surface area contributed by atoms with Gasteiger partial charge in [-0.3, -0.25) is 9.36 Å². The molecular weight excluding hydrogens is 314 g/mol. The van der Waals surface area contributed by atoms with Gasteiger partial charge in [-0.05, 0) is 29.5 Å². The number of rotatable bonds is 3. The molecule has 0 saturated heterocycles. The first-order valence-corrected chi connectivity index (χ1v) is 5.71. The topological polar surface area (TPSA) is 34.9 Å². The van der Waals surface area contributed by atoms with Crippen LogP contribution in [0, 0.1) is 10.5 Å². The molecule has 0 unspecified atom stereocenters. The molecule has 0 spiro atoms. The molecule has 0 aliphatic heterocycles. The monoisotopic (exact) mass is 324 g/mol. The largest absolute Gasteiger partial charge is 0.292 e. The van der Waals surface area contributed by atoms with Crippen molar-refractivity contribution in [3.8, 4) is 0 Å². The summed E-state index contributed by atoms with van der Waals surface area (Å²) in [5, 5.41) is 0. The SMILES string of the molecule is Cc1ncc(I)c(=O)n1C/C=C/CCl. The summed E-state index contributed by atoms with van der Waals surface area (Å²) in [6.07, 6.45) is 5.26. The van der Waals surface area contributed by atoms with Crippen LogP contribution in [0.4, 0.5) is 0 Å². The van der Waals surface area contributed by atoms with Crippen molar-refractivity contribution >= 4 is 34.2 Å². The van der Waals surface area contributed by atoms with Crippen molar-refractivity contribution < 1.29 is 0 Å². The Bertz CT molecular complexity index is 400. The van der Waals surface area contributed by atoms with Crippen LogP contribution < -0.4 is 5.56 Å². The Morgan fingerprint density at radius 3 is 3.00 bits per heavy atom. The van der Waals surface area contributed by atoms with Crippen LogP contribution in [0.3, 0.4) is 0 Å². The highest BCUT2D eigenvalue weighted by Gasteiger charge is 2.02. The summed E-state index contributed by atoms with van der Waals surface area (Å²) in [7, 11) is 0. The predicted octanol–water partition coefficient (Wildman–Crippen LogP) is 1.95. The lowest BCUT2D eigenvalue weighted by Crippen LogP contribution is -2.24. The second-order valence-electron chi connectivity index (χ2n) is 2.69. The molecule has 3 nitrogen and oxygen atoms in total. The molecule has 0 atom stereocenters. The fourth-order valence-electron chi connectivity index (χ4n) is 1.01. The molecular formula is C9H10ClIN2O. The Balaban J connectivity index is 3.01. The van der Waals surface area contributed by atoms with E-state index < -0.39 is 0 Å². The molecule has 0 aliphatic carbocycles. The highest BCUT2D eigenvalue weighted by atomic mass is 127. The van der Waals surface area contributed by atoms with Gasteiger partial charge in [0.1, 0.15) is 5.82 Å². The minimum absolute atomic E-state index is 0.00248. The minimum atomic E-state index is -0.00248. The quantitative estimate of drug-likeness (QED) is 0.484. The standard InChI is InChI=1S/C9H10ClIN2O/c1-7-12-6-8(11)9(14)13(7)5-3-2-4-10/h2-3,6H,4-5H2,1H3/b3-2+. The van der Waals surface area contributed by atoms with Crippen LogP contribution in [0.1, 0.15) is 5.82 Å². The molecule has 1 heterocycles. The summed E-state index contributed by atoms with van der Waals surface area (Å²) >= 11 is 7.47. The van der Waals surface area contributed by atoms with Crippen LogP contribution in [-0.2, 0) is 6.54 Å². The number of aryl methyl sites for hydroxylation is 1. The lowest BCUT2D eigenvalue weighted by molar-refractivity contribution is 0.708. The van der Waals surface area contributed by atoms with Gasteiger partial charge in [-0.15, -0.1) is 11.6 Å². The number of hydrogen-bond acceptors (Lipinski definition) is 2. The highest BCUT2D eigenvalue weighted by Crippen LogP contribution is 1.97. The number of halogens is 2. The normalized spacial score (nSPS) is 11.1. The van der Waals surface area contributed by atoms with E-state index in [-0.39, 0.29) is 5.56 Å². The molecule has 0 saturated carbocycles. The van der Waals surface area contributed by atoms with Gasteiger partial charge >= 0.3 is 0 Å². The molecule has 76 valence electrons. The van der Waals surface area contributed by atoms with Crippen LogP contribution in [-0.4, -0.2) is 15.4 Å². The zero-order valence-electron chi connectivity index (χ0n) is 7.70. The first kappa shape index (κ1) is 11.7. The molecule has 1 aromatic rings. The van der Waals surface area contributed by atoms with Crippen molar-refractivity contribution in [1.82, 2.24) is 9.55 Å². The van der Waals surface area contributed by atoms with Gasteiger partial charge in [0.15, 0.2) is 0 Å². The number of aromatic nitrogens is 2. The van der Waals surface area contributed by atoms with Gasteiger partial charge in [0.25, 0.3) is 5.56 Å². The second-order valence-corrected chi connectivity index (χ2v) is 4.17. The van der Waals surface area contributed by atoms with Crippen LogP contribution >= 0.6 is 34.2 Å². The molecule has 0 amide bonds. The number of alkyl halides is 1. The van der Waals surface area contributed by atoms with Gasteiger partial charge in [-0.2, -0.15) is 0 Å². The van der Waals surface area contributed by atoms with E-state index in [0.717, 1.165) is 5.82 Å². The number of allylic oxidation sites excluding steroid dienone is 2. The predicted molar refractivity (Wildman–Crippen MR) is 65.8 cm³/mol. The van der Waals surface area contributed by atoms with Crippen molar-refractivity contribution in [1.29, 1.82) is 0 Å². The van der Waals surface area contributed by atoms with E-state index in [0.29, 0.717) is 16.0 Å². The van der Waals surface area contributed by atoms with E-state index in [1.165, 1.54) is 0 Å². The zero-order chi connectivity index (χ0) is 10.6. The maximum Gasteiger partial charge on any atom is 0.267 e. The average Bonchev–Trinajstić information content (AvgIpc) is 2.18. The number of hydrogen-bond donors (Lipinski definition) is 0. The van der Waals surface area contributed by atoms with E-state index in [2.05, 4.69) is 4.98 Å². The third kappa shape index (κ3) is 2.81. The number of nitrogens with zero attached hydrogens (tertiary/aromatic N) is 2. The molecule has 5 heteroatoms. The minimum Gasteiger partial charge on any atom is -0.292 e. The molecule has 0 radical (unpaired) electrons. The maximum atomic E-state index is 11.6. The third-order valence-electron chi connectivity index (χ3n) is 1.75. The molecule has 14 heavy (non-hydrogen) atoms. The Morgan fingerprint density at radius 2 is 2.36 bits per heavy atom. The maximum absolute atomic E-state index is 11.6. The molecule has 0 fully saturated rings. The Kier molecular flexibility index (Phi) is 4.60. The van der Waals surface area contributed by atoms with Gasteiger partial charge in [-0.1, -0.05) is 12.2 Å². The molecule has 0 N–H and O–H groups in total. The van der Waals surface area contributed by atoms with Crippen LogP contribution in [0.2, 0.25) is 0 Å². The summed E-state index contributed by atoms with van der Waals surface area (Å²) in [5.41, 5.74) is -0.00248. The second kappa shape index (κ2) is 5.50. The smallest absolute Gasteiger partial charge is 0.267 e. The summed E-state index contributed by atoms with van der Waals surface area (Å²) in [5.74, 6) is 1.18. The van der Waals surface area contributed by atoms with Crippen molar-refractivity contribution in [3.05, 3.63) is 38.1 Å². The first-order chi connectivity index (χ1) is 6.66. The summed E-state index contributed by atoms with van der Waals surface area (Å²) < 4.78 is 2.25. The van der Waals surface area contributed by atoms with Crippen LogP contribution in [0.25, 0.3) is 0 Å². The fourth-order valence-corrected chi connectivity index (χ4v) is 1.57. The molecule has 0 bridgehead atoms. The van der Waals surface area contributed by atoms with E-state index in [1.807, 2.05) is 41.7 Å². The van der Waals surface area contributed by atoms with Crippen LogP contribution in [0.15, 0.2) is 23.1 Å². The molecule has 0 aromatic carbocycles. The van der Waals surface area contributed by atoms with Crippen molar-refractivity contribution in [2.24, 2.45) is 0 Å². The third-order valence-corrected chi connectivity index (χ3v) is 2.67. The van der Waals surface area contributed by atoms with Crippen molar-refractivity contribution in [2.45, 2.75) is 13.5 Å². The Morgan fingerprint density at radius 1 is 1.64 bits per heavy atom. The first-order valence-electron chi connectivity index (χ1n) is 4.09. The lowest BCUT2D eigenvalue weighted by Gasteiger charge is -2.05. The van der Waals surface area contributed by atoms with Crippen molar-refractivity contribution in [3.63, 3.8) is 0 Å². The van der Waals surface area contributed by atoms with Crippen LogP contribution in [0.5, 0.6) is 0 Å². The van der Waals surface area contributed by atoms with Gasteiger partial charge in [0, 0.05) is 18.6 Å². The highest BCUT2D eigenvalue weighted by molar-refractivity contribution is 14.1. The molecule has 1 rings (SSSR count). The molecule has 0 aliphatic rings. The zero-order valence-corrected chi connectivity index (χ0v) is 10.6. The average molecular weight is 325 g/mol. The molecule has 1 aromatic heterocycles. The summed E-state index contributed by atoms with van der Waals surface area (Å²) in [4.78, 5) is 15.7. The van der Waals surface area contributed by atoms with Gasteiger partial charge in [0.05, 0.1) is 3.57 Å². The Hall–Kier alpha value is -0.360.